The van der Waals surface area contributed by atoms with Crippen molar-refractivity contribution in [2.45, 2.75) is 56.6 Å². The van der Waals surface area contributed by atoms with Crippen molar-refractivity contribution in [3.05, 3.63) is 128 Å². The second-order valence-electron chi connectivity index (χ2n) is 12.8. The molecular weight excluding hydrogens is 741 g/mol. The second-order valence-corrected chi connectivity index (χ2v) is 14.4. The molecule has 4 aromatic rings. The van der Waals surface area contributed by atoms with Crippen LogP contribution in [-0.2, 0) is 37.9 Å². The fraction of sp³-hybridized carbons (Fsp3) is 0.390. The maximum absolute atomic E-state index is 14.3. The number of aromatic nitrogens is 2. The lowest BCUT2D eigenvalue weighted by Crippen LogP contribution is -2.38. The Morgan fingerprint density at radius 1 is 0.911 bits per heavy atom. The highest BCUT2D eigenvalue weighted by Crippen LogP contribution is 2.53. The molecule has 1 N–H and O–H groups in total. The number of phosphoric acid groups is 1. The van der Waals surface area contributed by atoms with Crippen LogP contribution in [0.15, 0.2) is 94.6 Å². The third-order valence-corrected chi connectivity index (χ3v) is 10.6. The molecule has 1 aromatic heterocycles. The molecule has 0 aliphatic carbocycles. The van der Waals surface area contributed by atoms with Crippen molar-refractivity contribution in [3.63, 3.8) is 0 Å². The number of phosphoric ester groups is 1. The summed E-state index contributed by atoms with van der Waals surface area (Å²) in [6, 6.07) is 26.6. The average molecular weight is 788 g/mol. The second kappa shape index (κ2) is 20.2. The minimum atomic E-state index is -4.33. The van der Waals surface area contributed by atoms with Gasteiger partial charge in [-0.25, -0.2) is 9.36 Å². The van der Waals surface area contributed by atoms with Gasteiger partial charge in [-0.2, -0.15) is 5.26 Å². The number of rotatable bonds is 21. The smallest absolute Gasteiger partial charge is 0.475 e. The number of hydrogen-bond donors (Lipinski definition) is 1. The van der Waals surface area contributed by atoms with Gasteiger partial charge in [-0.3, -0.25) is 27.9 Å². The first-order valence-corrected chi connectivity index (χ1v) is 19.5. The number of nitrogens with zero attached hydrogens (tertiary/aromatic N) is 2. The van der Waals surface area contributed by atoms with Crippen LogP contribution in [0.2, 0.25) is 0 Å². The molecule has 0 bridgehead atoms. The number of aryl methyl sites for hydroxylation is 1. The number of hydrogen-bond acceptors (Lipinski definition) is 12. The number of nitrogens with one attached hydrogen (secondary N) is 1. The zero-order chi connectivity index (χ0) is 40.0. The summed E-state index contributed by atoms with van der Waals surface area (Å²) in [5.74, 6) is 3.70. The number of unbranched alkanes of at least 4 members (excludes halogenated alkanes) is 1. The Morgan fingerprint density at radius 3 is 2.12 bits per heavy atom. The van der Waals surface area contributed by atoms with Gasteiger partial charge < -0.3 is 23.7 Å². The van der Waals surface area contributed by atoms with Crippen LogP contribution in [0.4, 0.5) is 0 Å². The van der Waals surface area contributed by atoms with Crippen molar-refractivity contribution < 1.29 is 41.8 Å². The fourth-order valence-corrected chi connectivity index (χ4v) is 7.71. The monoisotopic (exact) mass is 787 g/mol. The Morgan fingerprint density at radius 2 is 1.52 bits per heavy atom. The van der Waals surface area contributed by atoms with E-state index in [0.717, 1.165) is 16.7 Å². The van der Waals surface area contributed by atoms with Gasteiger partial charge in [-0.1, -0.05) is 60.5 Å². The highest BCUT2D eigenvalue weighted by molar-refractivity contribution is 7.48. The largest absolute Gasteiger partial charge is 0.497 e. The van der Waals surface area contributed by atoms with E-state index in [1.165, 1.54) is 10.8 Å². The molecule has 1 aliphatic rings. The summed E-state index contributed by atoms with van der Waals surface area (Å²) in [6.45, 7) is 1.74. The Hall–Kier alpha value is -5.02. The molecule has 1 fully saturated rings. The molecule has 0 spiro atoms. The summed E-state index contributed by atoms with van der Waals surface area (Å²) in [5, 5.41) is 9.18. The molecule has 3 aromatic carbocycles. The van der Waals surface area contributed by atoms with E-state index >= 15 is 0 Å². The third-order valence-electron chi connectivity index (χ3n) is 9.12. The number of terminal acetylenes is 1. The predicted octanol–water partition coefficient (Wildman–Crippen LogP) is 6.03. The SMILES string of the molecule is C#CCOCCCCOP(=O)(OCCC#N)O[C@H]1C[C@H](n2cc(C)c(=O)[nH]c2=O)O[C@@H]1COC(c1ccccc1)(c1ccc(OC)cc1)c1ccc(OC)cc1. The van der Waals surface area contributed by atoms with Gasteiger partial charge >= 0.3 is 13.5 Å². The lowest BCUT2D eigenvalue weighted by molar-refractivity contribution is -0.0946. The van der Waals surface area contributed by atoms with Gasteiger partial charge in [0.25, 0.3) is 5.56 Å². The number of ether oxygens (including phenoxy) is 5. The number of aromatic amines is 1. The molecule has 4 atom stereocenters. The van der Waals surface area contributed by atoms with E-state index in [4.69, 9.17) is 43.7 Å². The average Bonchev–Trinajstić information content (AvgIpc) is 3.61. The van der Waals surface area contributed by atoms with Crippen molar-refractivity contribution in [1.82, 2.24) is 9.55 Å². The Balaban J connectivity index is 1.53. The fourth-order valence-electron chi connectivity index (χ4n) is 6.29. The van der Waals surface area contributed by atoms with Crippen molar-refractivity contribution in [2.24, 2.45) is 0 Å². The molecule has 0 radical (unpaired) electrons. The molecule has 1 saturated heterocycles. The molecule has 5 rings (SSSR count). The first kappa shape index (κ1) is 42.1. The van der Waals surface area contributed by atoms with Gasteiger partial charge in [-0.15, -0.1) is 6.42 Å². The van der Waals surface area contributed by atoms with E-state index < -0.39 is 43.1 Å². The lowest BCUT2D eigenvalue weighted by Gasteiger charge is -2.37. The van der Waals surface area contributed by atoms with E-state index in [1.807, 2.05) is 84.9 Å². The quantitative estimate of drug-likeness (QED) is 0.0451. The highest BCUT2D eigenvalue weighted by Gasteiger charge is 2.46. The molecule has 0 amide bonds. The predicted molar refractivity (Wildman–Crippen MR) is 206 cm³/mol. The van der Waals surface area contributed by atoms with Crippen molar-refractivity contribution in [1.29, 1.82) is 5.26 Å². The number of benzene rings is 3. The van der Waals surface area contributed by atoms with Crippen LogP contribution < -0.4 is 20.7 Å². The summed E-state index contributed by atoms with van der Waals surface area (Å²) in [6.07, 6.45) is 4.64. The number of nitriles is 1. The molecule has 1 unspecified atom stereocenters. The zero-order valence-corrected chi connectivity index (χ0v) is 32.5. The minimum Gasteiger partial charge on any atom is -0.497 e. The third kappa shape index (κ3) is 10.4. The van der Waals surface area contributed by atoms with E-state index in [-0.39, 0.29) is 44.8 Å². The van der Waals surface area contributed by atoms with Crippen LogP contribution in [0, 0.1) is 30.6 Å². The van der Waals surface area contributed by atoms with Gasteiger partial charge in [0.05, 0.1) is 46.5 Å². The number of H-pyrrole nitrogens is 1. The van der Waals surface area contributed by atoms with E-state index in [9.17, 15) is 19.4 Å². The van der Waals surface area contributed by atoms with E-state index in [2.05, 4.69) is 10.9 Å². The molecular formula is C41H46N3O11P. The summed E-state index contributed by atoms with van der Waals surface area (Å²) in [4.78, 5) is 27.7. The summed E-state index contributed by atoms with van der Waals surface area (Å²) in [7, 11) is -1.16. The molecule has 0 saturated carbocycles. The molecule has 296 valence electrons. The lowest BCUT2D eigenvalue weighted by atomic mass is 9.80. The maximum atomic E-state index is 14.3. The number of methoxy groups -OCH3 is 2. The molecule has 14 nitrogen and oxygen atoms in total. The molecule has 2 heterocycles. The molecule has 15 heteroatoms. The zero-order valence-electron chi connectivity index (χ0n) is 31.6. The van der Waals surface area contributed by atoms with Crippen LogP contribution in [0.5, 0.6) is 11.5 Å². The standard InChI is InChI=1S/C41H46N3O11P/c1-5-23-50-24-9-10-25-52-56(47,53-26-11-22-42)55-36-27-38(44-28-30(2)39(45)43-40(44)46)54-37(36)29-51-41(31-12-7-6-8-13-31,32-14-18-34(48-3)19-15-32)33-16-20-35(49-4)21-17-33/h1,6-8,12-21,28,36-38H,9-11,23-27,29H2,2-4H3,(H,43,45,46)/t36-,37+,38+,56?/m0/s1. The van der Waals surface area contributed by atoms with Crippen molar-refractivity contribution >= 4 is 7.82 Å². The van der Waals surface area contributed by atoms with Crippen LogP contribution in [-0.4, -0.2) is 69.0 Å². The summed E-state index contributed by atoms with van der Waals surface area (Å²) in [5.41, 5.74) is 0.114. The normalized spacial score (nSPS) is 17.8. The van der Waals surface area contributed by atoms with Gasteiger partial charge in [0.15, 0.2) is 0 Å². The minimum absolute atomic E-state index is 0.00227. The first-order chi connectivity index (χ1) is 27.2. The highest BCUT2D eigenvalue weighted by atomic mass is 31.2. The Labute approximate surface area is 325 Å². The van der Waals surface area contributed by atoms with Crippen LogP contribution >= 0.6 is 7.82 Å². The maximum Gasteiger partial charge on any atom is 0.475 e. The van der Waals surface area contributed by atoms with Gasteiger partial charge in [-0.05, 0) is 60.7 Å². The molecule has 1 aliphatic heterocycles. The van der Waals surface area contributed by atoms with Crippen LogP contribution in [0.3, 0.4) is 0 Å². The van der Waals surface area contributed by atoms with Gasteiger partial charge in [0.1, 0.15) is 42.1 Å². The Bertz CT molecular complexity index is 2060. The van der Waals surface area contributed by atoms with Gasteiger partial charge in [0.2, 0.25) is 0 Å². The summed E-state index contributed by atoms with van der Waals surface area (Å²) < 4.78 is 62.9. The Kier molecular flexibility index (Phi) is 15.2. The van der Waals surface area contributed by atoms with Crippen LogP contribution in [0.25, 0.3) is 0 Å². The topological polar surface area (TPSA) is 170 Å². The van der Waals surface area contributed by atoms with Crippen molar-refractivity contribution in [3.8, 4) is 29.9 Å². The van der Waals surface area contributed by atoms with E-state index in [1.54, 1.807) is 21.1 Å². The molecule has 56 heavy (non-hydrogen) atoms. The van der Waals surface area contributed by atoms with Gasteiger partial charge in [0, 0.05) is 24.8 Å². The first-order valence-electron chi connectivity index (χ1n) is 18.1. The summed E-state index contributed by atoms with van der Waals surface area (Å²) >= 11 is 0. The van der Waals surface area contributed by atoms with Crippen LogP contribution in [0.1, 0.15) is 54.2 Å². The van der Waals surface area contributed by atoms with Crippen molar-refractivity contribution in [2.75, 3.05) is 47.3 Å². The van der Waals surface area contributed by atoms with E-state index in [0.29, 0.717) is 30.9 Å².